The average molecular weight is 284 g/mol. The number of carbonyl (C=O) groups excluding carboxylic acids is 3. The van der Waals surface area contributed by atoms with E-state index in [2.05, 4.69) is 0 Å². The summed E-state index contributed by atoms with van der Waals surface area (Å²) in [6.45, 7) is 5.41. The van der Waals surface area contributed by atoms with Crippen LogP contribution in [0.4, 0.5) is 0 Å². The molecule has 0 radical (unpaired) electrons. The predicted molar refractivity (Wildman–Crippen MR) is 75.0 cm³/mol. The maximum Gasteiger partial charge on any atom is 0.320 e. The Kier molecular flexibility index (Phi) is 10.3. The van der Waals surface area contributed by atoms with Gasteiger partial charge >= 0.3 is 11.9 Å². The summed E-state index contributed by atoms with van der Waals surface area (Å²) in [4.78, 5) is 34.1. The van der Waals surface area contributed by atoms with Crippen LogP contribution in [0.2, 0.25) is 0 Å². The molecule has 5 heteroatoms. The average Bonchev–Trinajstić information content (AvgIpc) is 2.37. The first-order valence-corrected chi connectivity index (χ1v) is 7.00. The van der Waals surface area contributed by atoms with E-state index in [0.29, 0.717) is 25.7 Å². The van der Waals surface area contributed by atoms with E-state index in [0.717, 1.165) is 0 Å². The van der Waals surface area contributed by atoms with Crippen molar-refractivity contribution in [1.29, 1.82) is 0 Å². The first-order valence-electron chi connectivity index (χ1n) is 7.00. The van der Waals surface area contributed by atoms with Crippen molar-refractivity contribution >= 4 is 17.7 Å². The predicted octanol–water partition coefficient (Wildman–Crippen LogP) is 2.43. The van der Waals surface area contributed by atoms with Gasteiger partial charge in [-0.2, -0.15) is 0 Å². The van der Waals surface area contributed by atoms with Gasteiger partial charge in [0.15, 0.2) is 5.92 Å². The normalized spacial score (nSPS) is 10.8. The topological polar surface area (TPSA) is 69.7 Å². The van der Waals surface area contributed by atoms with Gasteiger partial charge in [0.05, 0.1) is 13.2 Å². The Morgan fingerprint density at radius 3 is 2.00 bits per heavy atom. The Morgan fingerprint density at radius 1 is 1.00 bits per heavy atom. The summed E-state index contributed by atoms with van der Waals surface area (Å²) in [7, 11) is 0. The molecule has 0 aromatic rings. The molecule has 0 amide bonds. The second kappa shape index (κ2) is 11.2. The van der Waals surface area contributed by atoms with Crippen molar-refractivity contribution in [3.05, 3.63) is 12.2 Å². The number of carbonyl (C=O) groups is 3. The van der Waals surface area contributed by atoms with E-state index in [1.807, 2.05) is 6.08 Å². The van der Waals surface area contributed by atoms with Gasteiger partial charge in [0.25, 0.3) is 0 Å². The highest BCUT2D eigenvalue weighted by Crippen LogP contribution is 2.13. The minimum Gasteiger partial charge on any atom is -0.465 e. The maximum absolute atomic E-state index is 11.7. The molecule has 0 aliphatic carbocycles. The van der Waals surface area contributed by atoms with Gasteiger partial charge in [0.2, 0.25) is 0 Å². The van der Waals surface area contributed by atoms with Crippen molar-refractivity contribution in [3.8, 4) is 0 Å². The molecule has 0 aliphatic rings. The molecule has 0 bridgehead atoms. The van der Waals surface area contributed by atoms with Crippen molar-refractivity contribution in [1.82, 2.24) is 0 Å². The first-order chi connectivity index (χ1) is 9.52. The fourth-order valence-electron chi connectivity index (χ4n) is 1.62. The molecule has 0 spiro atoms. The Morgan fingerprint density at radius 2 is 1.55 bits per heavy atom. The molecular weight excluding hydrogens is 260 g/mol. The SMILES string of the molecule is CCOC(=O)C(CCC/C=C/CC(C)=O)C(=O)OCC. The summed E-state index contributed by atoms with van der Waals surface area (Å²) < 4.78 is 9.76. The molecule has 20 heavy (non-hydrogen) atoms. The fraction of sp³-hybridized carbons (Fsp3) is 0.667. The molecule has 0 saturated heterocycles. The third-order valence-electron chi connectivity index (χ3n) is 2.58. The van der Waals surface area contributed by atoms with Crippen molar-refractivity contribution in [3.63, 3.8) is 0 Å². The molecule has 0 saturated carbocycles. The summed E-state index contributed by atoms with van der Waals surface area (Å²) in [5.74, 6) is -1.80. The standard InChI is InChI=1S/C15H24O5/c1-4-19-14(17)13(15(18)20-5-2)11-9-7-6-8-10-12(3)16/h6,8,13H,4-5,7,9-11H2,1-3H3/b8-6+. The number of hydrogen-bond donors (Lipinski definition) is 0. The highest BCUT2D eigenvalue weighted by atomic mass is 16.6. The Bertz CT molecular complexity index is 328. The van der Waals surface area contributed by atoms with Gasteiger partial charge in [-0.05, 0) is 40.0 Å². The highest BCUT2D eigenvalue weighted by molar-refractivity contribution is 5.94. The second-order valence-electron chi connectivity index (χ2n) is 4.37. The van der Waals surface area contributed by atoms with Crippen molar-refractivity contribution < 1.29 is 23.9 Å². The molecule has 0 aromatic heterocycles. The number of Topliss-reactive ketones (excluding diaryl/α,β-unsaturated/α-hetero) is 1. The lowest BCUT2D eigenvalue weighted by molar-refractivity contribution is -0.161. The molecule has 0 N–H and O–H groups in total. The zero-order valence-electron chi connectivity index (χ0n) is 12.5. The van der Waals surface area contributed by atoms with E-state index >= 15 is 0 Å². The van der Waals surface area contributed by atoms with E-state index in [1.54, 1.807) is 19.9 Å². The van der Waals surface area contributed by atoms with Crippen LogP contribution < -0.4 is 0 Å². The lowest BCUT2D eigenvalue weighted by Gasteiger charge is -2.13. The molecule has 114 valence electrons. The number of unbranched alkanes of at least 4 members (excludes halogenated alkanes) is 1. The third-order valence-corrected chi connectivity index (χ3v) is 2.58. The van der Waals surface area contributed by atoms with E-state index in [-0.39, 0.29) is 19.0 Å². The number of esters is 2. The summed E-state index contributed by atoms with van der Waals surface area (Å²) in [6, 6.07) is 0. The van der Waals surface area contributed by atoms with Crippen molar-refractivity contribution in [2.24, 2.45) is 5.92 Å². The van der Waals surface area contributed by atoms with Gasteiger partial charge in [-0.3, -0.25) is 14.4 Å². The van der Waals surface area contributed by atoms with Gasteiger partial charge < -0.3 is 9.47 Å². The minimum atomic E-state index is -0.851. The second-order valence-corrected chi connectivity index (χ2v) is 4.37. The molecule has 0 aromatic carbocycles. The summed E-state index contributed by atoms with van der Waals surface area (Å²) in [5, 5.41) is 0. The maximum atomic E-state index is 11.7. The molecule has 5 nitrogen and oxygen atoms in total. The minimum absolute atomic E-state index is 0.108. The number of ether oxygens (including phenoxy) is 2. The Labute approximate surface area is 120 Å². The molecule has 0 fully saturated rings. The van der Waals surface area contributed by atoms with Crippen LogP contribution in [-0.4, -0.2) is 30.9 Å². The Balaban J connectivity index is 4.22. The van der Waals surface area contributed by atoms with E-state index < -0.39 is 17.9 Å². The van der Waals surface area contributed by atoms with Gasteiger partial charge in [-0.25, -0.2) is 0 Å². The fourth-order valence-corrected chi connectivity index (χ4v) is 1.62. The van der Waals surface area contributed by atoms with Crippen LogP contribution in [0, 0.1) is 5.92 Å². The molecular formula is C15H24O5. The number of ketones is 1. The highest BCUT2D eigenvalue weighted by Gasteiger charge is 2.28. The van der Waals surface area contributed by atoms with Crippen LogP contribution in [0.25, 0.3) is 0 Å². The lowest BCUT2D eigenvalue weighted by Crippen LogP contribution is -2.28. The molecule has 0 heterocycles. The van der Waals surface area contributed by atoms with Crippen LogP contribution >= 0.6 is 0 Å². The monoisotopic (exact) mass is 284 g/mol. The lowest BCUT2D eigenvalue weighted by atomic mass is 10.0. The third kappa shape index (κ3) is 8.45. The van der Waals surface area contributed by atoms with E-state index in [1.165, 1.54) is 6.92 Å². The van der Waals surface area contributed by atoms with Gasteiger partial charge in [0.1, 0.15) is 5.78 Å². The van der Waals surface area contributed by atoms with Gasteiger partial charge in [-0.15, -0.1) is 0 Å². The largest absolute Gasteiger partial charge is 0.465 e. The molecule has 0 unspecified atom stereocenters. The van der Waals surface area contributed by atoms with Crippen molar-refractivity contribution in [2.75, 3.05) is 13.2 Å². The molecule has 0 atom stereocenters. The summed E-state index contributed by atoms with van der Waals surface area (Å²) in [5.41, 5.74) is 0. The van der Waals surface area contributed by atoms with Crippen LogP contribution in [-0.2, 0) is 23.9 Å². The number of rotatable bonds is 10. The zero-order valence-corrected chi connectivity index (χ0v) is 12.5. The van der Waals surface area contributed by atoms with Crippen molar-refractivity contribution in [2.45, 2.75) is 46.5 Å². The van der Waals surface area contributed by atoms with Crippen LogP contribution in [0.15, 0.2) is 12.2 Å². The van der Waals surface area contributed by atoms with Gasteiger partial charge in [-0.1, -0.05) is 12.2 Å². The van der Waals surface area contributed by atoms with Gasteiger partial charge in [0, 0.05) is 6.42 Å². The smallest absolute Gasteiger partial charge is 0.320 e. The summed E-state index contributed by atoms with van der Waals surface area (Å²) in [6.07, 6.45) is 5.86. The first kappa shape index (κ1) is 18.4. The number of hydrogen-bond acceptors (Lipinski definition) is 5. The van der Waals surface area contributed by atoms with Crippen LogP contribution in [0.1, 0.15) is 46.5 Å². The van der Waals surface area contributed by atoms with Crippen LogP contribution in [0.5, 0.6) is 0 Å². The Hall–Kier alpha value is -1.65. The van der Waals surface area contributed by atoms with Crippen LogP contribution in [0.3, 0.4) is 0 Å². The van der Waals surface area contributed by atoms with E-state index in [9.17, 15) is 14.4 Å². The number of allylic oxidation sites excluding steroid dienone is 2. The molecule has 0 aliphatic heterocycles. The zero-order chi connectivity index (χ0) is 15.4. The quantitative estimate of drug-likeness (QED) is 0.267. The molecule has 0 rings (SSSR count). The summed E-state index contributed by atoms with van der Waals surface area (Å²) >= 11 is 0. The van der Waals surface area contributed by atoms with E-state index in [4.69, 9.17) is 9.47 Å².